The van der Waals surface area contributed by atoms with Crippen LogP contribution in [0.5, 0.6) is 0 Å². The molecule has 5 nitrogen and oxygen atoms in total. The second kappa shape index (κ2) is 6.71. The zero-order chi connectivity index (χ0) is 20.0. The molecule has 2 N–H and O–H groups in total. The molecular formula is C24H22N2O3. The summed E-state index contributed by atoms with van der Waals surface area (Å²) in [5.41, 5.74) is 2.84. The maximum Gasteiger partial charge on any atom is 0.282 e. The van der Waals surface area contributed by atoms with E-state index in [2.05, 4.69) is 5.32 Å². The number of carbonyl (C=O) groups is 2. The van der Waals surface area contributed by atoms with E-state index in [1.807, 2.05) is 48.5 Å². The van der Waals surface area contributed by atoms with Crippen molar-refractivity contribution in [3.05, 3.63) is 77.4 Å². The standard InChI is InChI=1S/C24H22N2O3/c27-22(26(29)21-7-3-5-16-4-1-2-6-20(16)21)18-8-9-19-15-24(11-10-17(19)14-18)12-13-25-23(24)28/h1-9,14,29H,10-13,15H2,(H,25,28)/t24-/m0/s1. The van der Waals surface area contributed by atoms with Crippen LogP contribution in [-0.4, -0.2) is 23.6 Å². The van der Waals surface area contributed by atoms with Crippen LogP contribution in [0.15, 0.2) is 60.7 Å². The minimum Gasteiger partial charge on any atom is -0.356 e. The van der Waals surface area contributed by atoms with Crippen molar-refractivity contribution >= 4 is 28.3 Å². The number of amides is 2. The lowest BCUT2D eigenvalue weighted by atomic mass is 9.70. The van der Waals surface area contributed by atoms with Gasteiger partial charge in [-0.3, -0.25) is 14.8 Å². The van der Waals surface area contributed by atoms with Gasteiger partial charge in [0.15, 0.2) is 0 Å². The van der Waals surface area contributed by atoms with Crippen molar-refractivity contribution < 1.29 is 14.8 Å². The van der Waals surface area contributed by atoms with E-state index in [0.29, 0.717) is 11.3 Å². The minimum atomic E-state index is -0.456. The zero-order valence-corrected chi connectivity index (χ0v) is 16.0. The van der Waals surface area contributed by atoms with Gasteiger partial charge in [-0.2, -0.15) is 5.06 Å². The third-order valence-electron chi connectivity index (χ3n) is 6.41. The van der Waals surface area contributed by atoms with Gasteiger partial charge in [0.1, 0.15) is 0 Å². The Morgan fingerprint density at radius 1 is 1.00 bits per heavy atom. The first kappa shape index (κ1) is 17.9. The summed E-state index contributed by atoms with van der Waals surface area (Å²) in [6, 6.07) is 18.7. The quantitative estimate of drug-likeness (QED) is 0.519. The lowest BCUT2D eigenvalue weighted by molar-refractivity contribution is -0.128. The number of rotatable bonds is 2. The molecule has 29 heavy (non-hydrogen) atoms. The number of hydroxylamine groups is 1. The van der Waals surface area contributed by atoms with E-state index in [1.165, 1.54) is 0 Å². The SMILES string of the molecule is O=C(c1ccc2c(c1)CC[C@]1(CCNC1=O)C2)N(O)c1cccc2ccccc12. The van der Waals surface area contributed by atoms with E-state index in [4.69, 9.17) is 0 Å². The maximum atomic E-state index is 13.0. The van der Waals surface area contributed by atoms with Gasteiger partial charge in [0.2, 0.25) is 5.91 Å². The van der Waals surface area contributed by atoms with Gasteiger partial charge in [-0.05, 0) is 60.4 Å². The van der Waals surface area contributed by atoms with Crippen molar-refractivity contribution in [3.8, 4) is 0 Å². The van der Waals surface area contributed by atoms with Crippen molar-refractivity contribution in [2.24, 2.45) is 5.41 Å². The van der Waals surface area contributed by atoms with Crippen LogP contribution in [0.25, 0.3) is 10.8 Å². The molecule has 3 aromatic rings. The summed E-state index contributed by atoms with van der Waals surface area (Å²) in [6.07, 6.45) is 3.16. The number of hydrogen-bond acceptors (Lipinski definition) is 3. The average Bonchev–Trinajstić information content (AvgIpc) is 3.11. The first-order chi connectivity index (χ1) is 14.1. The van der Waals surface area contributed by atoms with Crippen LogP contribution in [0.4, 0.5) is 5.69 Å². The summed E-state index contributed by atoms with van der Waals surface area (Å²) in [4.78, 5) is 25.3. The first-order valence-electron chi connectivity index (χ1n) is 9.99. The van der Waals surface area contributed by atoms with Gasteiger partial charge in [-0.1, -0.05) is 42.5 Å². The molecule has 0 unspecified atom stereocenters. The van der Waals surface area contributed by atoms with Gasteiger partial charge >= 0.3 is 0 Å². The highest BCUT2D eigenvalue weighted by Crippen LogP contribution is 2.41. The molecule has 3 aromatic carbocycles. The van der Waals surface area contributed by atoms with Gasteiger partial charge in [-0.15, -0.1) is 0 Å². The molecule has 1 aliphatic heterocycles. The third kappa shape index (κ3) is 2.89. The molecule has 0 bridgehead atoms. The van der Waals surface area contributed by atoms with Crippen molar-refractivity contribution in [2.45, 2.75) is 25.7 Å². The van der Waals surface area contributed by atoms with Crippen molar-refractivity contribution in [1.29, 1.82) is 0 Å². The number of benzene rings is 3. The molecule has 5 rings (SSSR count). The van der Waals surface area contributed by atoms with Gasteiger partial charge in [0, 0.05) is 17.5 Å². The number of carbonyl (C=O) groups excluding carboxylic acids is 2. The molecule has 1 heterocycles. The Bertz CT molecular complexity index is 1130. The van der Waals surface area contributed by atoms with Gasteiger partial charge in [0.25, 0.3) is 5.91 Å². The Balaban J connectivity index is 1.44. The van der Waals surface area contributed by atoms with E-state index in [9.17, 15) is 14.8 Å². The predicted molar refractivity (Wildman–Crippen MR) is 111 cm³/mol. The molecule has 1 fully saturated rings. The van der Waals surface area contributed by atoms with Crippen LogP contribution in [0.3, 0.4) is 0 Å². The molecule has 2 amide bonds. The monoisotopic (exact) mass is 386 g/mol. The zero-order valence-electron chi connectivity index (χ0n) is 16.0. The minimum absolute atomic E-state index is 0.154. The van der Waals surface area contributed by atoms with Gasteiger partial charge in [-0.25, -0.2) is 0 Å². The lowest BCUT2D eigenvalue weighted by Gasteiger charge is -2.32. The fraction of sp³-hybridized carbons (Fsp3) is 0.250. The Hall–Kier alpha value is -3.18. The number of fused-ring (bicyclic) bond motifs is 2. The molecule has 1 atom stereocenters. The summed E-state index contributed by atoms with van der Waals surface area (Å²) < 4.78 is 0. The maximum absolute atomic E-state index is 13.0. The van der Waals surface area contributed by atoms with Crippen LogP contribution in [0.1, 0.15) is 34.3 Å². The first-order valence-corrected chi connectivity index (χ1v) is 9.99. The van der Waals surface area contributed by atoms with Gasteiger partial charge in [0.05, 0.1) is 11.1 Å². The molecule has 0 aromatic heterocycles. The topological polar surface area (TPSA) is 69.6 Å². The van der Waals surface area contributed by atoms with Crippen LogP contribution in [-0.2, 0) is 17.6 Å². The molecule has 1 saturated heterocycles. The highest BCUT2D eigenvalue weighted by Gasteiger charge is 2.44. The number of anilines is 1. The summed E-state index contributed by atoms with van der Waals surface area (Å²) in [7, 11) is 0. The van der Waals surface area contributed by atoms with Crippen LogP contribution < -0.4 is 10.4 Å². The molecule has 1 spiro atoms. The van der Waals surface area contributed by atoms with E-state index in [-0.39, 0.29) is 11.3 Å². The molecule has 1 aliphatic carbocycles. The molecule has 5 heteroatoms. The second-order valence-electron chi connectivity index (χ2n) is 8.06. The van der Waals surface area contributed by atoms with Crippen molar-refractivity contribution in [1.82, 2.24) is 5.32 Å². The van der Waals surface area contributed by atoms with E-state index < -0.39 is 5.91 Å². The molecule has 0 radical (unpaired) electrons. The van der Waals surface area contributed by atoms with Crippen molar-refractivity contribution in [2.75, 3.05) is 11.6 Å². The van der Waals surface area contributed by atoms with E-state index >= 15 is 0 Å². The largest absolute Gasteiger partial charge is 0.356 e. The summed E-state index contributed by atoms with van der Waals surface area (Å²) in [6.45, 7) is 0.745. The Kier molecular flexibility index (Phi) is 4.14. The number of hydrogen-bond donors (Lipinski definition) is 2. The predicted octanol–water partition coefficient (Wildman–Crippen LogP) is 3.87. The molecule has 146 valence electrons. The molecule has 2 aliphatic rings. The van der Waals surface area contributed by atoms with Gasteiger partial charge < -0.3 is 5.32 Å². The highest BCUT2D eigenvalue weighted by atomic mass is 16.5. The highest BCUT2D eigenvalue weighted by molar-refractivity contribution is 6.09. The summed E-state index contributed by atoms with van der Waals surface area (Å²) in [5.74, 6) is -0.302. The van der Waals surface area contributed by atoms with E-state index in [1.54, 1.807) is 12.1 Å². The smallest absolute Gasteiger partial charge is 0.282 e. The molecular weight excluding hydrogens is 364 g/mol. The summed E-state index contributed by atoms with van der Waals surface area (Å²) >= 11 is 0. The third-order valence-corrected chi connectivity index (χ3v) is 6.41. The fourth-order valence-corrected chi connectivity index (χ4v) is 4.74. The lowest BCUT2D eigenvalue weighted by Crippen LogP contribution is -2.36. The average molecular weight is 386 g/mol. The van der Waals surface area contributed by atoms with Crippen LogP contribution in [0.2, 0.25) is 0 Å². The Morgan fingerprint density at radius 2 is 1.83 bits per heavy atom. The van der Waals surface area contributed by atoms with Crippen LogP contribution in [0, 0.1) is 5.41 Å². The fourth-order valence-electron chi connectivity index (χ4n) is 4.74. The molecule has 0 saturated carbocycles. The van der Waals surface area contributed by atoms with E-state index in [0.717, 1.165) is 59.2 Å². The number of aryl methyl sites for hydroxylation is 1. The Morgan fingerprint density at radius 3 is 2.66 bits per heavy atom. The van der Waals surface area contributed by atoms with Crippen LogP contribution >= 0.6 is 0 Å². The summed E-state index contributed by atoms with van der Waals surface area (Å²) in [5, 5.41) is 16.1. The van der Waals surface area contributed by atoms with Crippen molar-refractivity contribution in [3.63, 3.8) is 0 Å². The Labute approximate surface area is 168 Å². The number of nitrogens with zero attached hydrogens (tertiary/aromatic N) is 1. The second-order valence-corrected chi connectivity index (χ2v) is 8.06. The number of nitrogens with one attached hydrogen (secondary N) is 1. The normalized spacial score (nSPS) is 20.5.